The van der Waals surface area contributed by atoms with Crippen LogP contribution in [0.15, 0.2) is 35.9 Å². The molecule has 0 heterocycles. The van der Waals surface area contributed by atoms with Crippen LogP contribution in [-0.2, 0) is 4.79 Å². The molecule has 0 aliphatic rings. The number of amides is 1. The van der Waals surface area contributed by atoms with Gasteiger partial charge < -0.3 is 5.32 Å². The number of nitrogens with one attached hydrogen (secondary N) is 1. The van der Waals surface area contributed by atoms with Gasteiger partial charge in [-0.3, -0.25) is 4.79 Å². The molecular weight excluding hydrogens is 257 g/mol. The Morgan fingerprint density at radius 1 is 1.53 bits per heavy atom. The molecule has 0 atom stereocenters. The lowest BCUT2D eigenvalue weighted by atomic mass is 10.1. The number of carbonyl (C=O) groups excluding carboxylic acids is 1. The van der Waals surface area contributed by atoms with Crippen LogP contribution in [0.25, 0.3) is 6.08 Å². The highest BCUT2D eigenvalue weighted by Gasteiger charge is 1.97. The molecule has 0 saturated carbocycles. The molecule has 90 valence electrons. The summed E-state index contributed by atoms with van der Waals surface area (Å²) < 4.78 is 0. The summed E-state index contributed by atoms with van der Waals surface area (Å²) in [6, 6.07) is 5.60. The maximum absolute atomic E-state index is 11.3. The van der Waals surface area contributed by atoms with Gasteiger partial charge in [-0.15, -0.1) is 0 Å². The number of hydrogen-bond acceptors (Lipinski definition) is 1. The maximum atomic E-state index is 11.3. The van der Waals surface area contributed by atoms with Crippen LogP contribution in [-0.4, -0.2) is 12.5 Å². The van der Waals surface area contributed by atoms with Crippen molar-refractivity contribution in [2.24, 2.45) is 0 Å². The Kier molecular flexibility index (Phi) is 5.26. The third-order valence-electron chi connectivity index (χ3n) is 2.08. The first-order chi connectivity index (χ1) is 7.99. The number of rotatable bonds is 4. The number of aryl methyl sites for hydroxylation is 1. The molecule has 0 fully saturated rings. The van der Waals surface area contributed by atoms with E-state index in [0.717, 1.165) is 11.1 Å². The summed E-state index contributed by atoms with van der Waals surface area (Å²) in [6.45, 7) is 5.66. The summed E-state index contributed by atoms with van der Waals surface area (Å²) in [7, 11) is 0. The van der Waals surface area contributed by atoms with Crippen LogP contribution in [0.2, 0.25) is 5.02 Å². The van der Waals surface area contributed by atoms with Crippen molar-refractivity contribution in [1.82, 2.24) is 5.32 Å². The van der Waals surface area contributed by atoms with Crippen molar-refractivity contribution in [1.29, 1.82) is 0 Å². The van der Waals surface area contributed by atoms with Crippen molar-refractivity contribution in [2.45, 2.75) is 6.92 Å². The largest absolute Gasteiger partial charge is 0.348 e. The van der Waals surface area contributed by atoms with E-state index in [1.54, 1.807) is 12.1 Å². The molecule has 0 spiro atoms. The number of hydrogen-bond donors (Lipinski definition) is 1. The van der Waals surface area contributed by atoms with Crippen LogP contribution < -0.4 is 5.32 Å². The summed E-state index contributed by atoms with van der Waals surface area (Å²) in [4.78, 5) is 11.3. The fraction of sp³-hybridized carbons (Fsp3) is 0.154. The van der Waals surface area contributed by atoms with Crippen molar-refractivity contribution in [3.05, 3.63) is 52.0 Å². The molecule has 0 aromatic heterocycles. The van der Waals surface area contributed by atoms with Gasteiger partial charge in [0, 0.05) is 16.1 Å². The van der Waals surface area contributed by atoms with Crippen LogP contribution in [0, 0.1) is 6.92 Å². The lowest BCUT2D eigenvalue weighted by Gasteiger charge is -2.00. The van der Waals surface area contributed by atoms with Gasteiger partial charge in [0.05, 0.1) is 6.54 Å². The van der Waals surface area contributed by atoms with E-state index in [1.807, 2.05) is 19.1 Å². The first-order valence-corrected chi connectivity index (χ1v) is 5.80. The van der Waals surface area contributed by atoms with Crippen molar-refractivity contribution >= 4 is 35.2 Å². The first-order valence-electron chi connectivity index (χ1n) is 5.04. The second kappa shape index (κ2) is 6.48. The Balaban J connectivity index is 2.61. The average molecular weight is 270 g/mol. The highest BCUT2D eigenvalue weighted by atomic mass is 35.5. The van der Waals surface area contributed by atoms with Crippen LogP contribution >= 0.6 is 23.2 Å². The molecule has 0 unspecified atom stereocenters. The average Bonchev–Trinajstić information content (AvgIpc) is 2.28. The molecule has 1 N–H and O–H groups in total. The molecule has 0 aliphatic heterocycles. The molecule has 0 aliphatic carbocycles. The number of carbonyl (C=O) groups is 1. The monoisotopic (exact) mass is 269 g/mol. The summed E-state index contributed by atoms with van der Waals surface area (Å²) in [5.41, 5.74) is 1.88. The lowest BCUT2D eigenvalue weighted by Crippen LogP contribution is -2.21. The van der Waals surface area contributed by atoms with Gasteiger partial charge in [-0.2, -0.15) is 0 Å². The van der Waals surface area contributed by atoms with E-state index in [2.05, 4.69) is 11.9 Å². The van der Waals surface area contributed by atoms with Gasteiger partial charge >= 0.3 is 0 Å². The van der Waals surface area contributed by atoms with Crippen molar-refractivity contribution in [3.63, 3.8) is 0 Å². The van der Waals surface area contributed by atoms with E-state index >= 15 is 0 Å². The van der Waals surface area contributed by atoms with E-state index in [1.165, 1.54) is 6.08 Å². The van der Waals surface area contributed by atoms with Crippen molar-refractivity contribution < 1.29 is 4.79 Å². The molecule has 0 bridgehead atoms. The van der Waals surface area contributed by atoms with Gasteiger partial charge in [-0.25, -0.2) is 0 Å². The zero-order valence-corrected chi connectivity index (χ0v) is 11.0. The summed E-state index contributed by atoms with van der Waals surface area (Å²) >= 11 is 11.5. The summed E-state index contributed by atoms with van der Waals surface area (Å²) in [5, 5.41) is 3.66. The molecular formula is C13H13Cl2NO. The van der Waals surface area contributed by atoms with Crippen LogP contribution in [0.3, 0.4) is 0 Å². The molecule has 17 heavy (non-hydrogen) atoms. The Labute approximate surface area is 111 Å². The minimum Gasteiger partial charge on any atom is -0.348 e. The highest BCUT2D eigenvalue weighted by Crippen LogP contribution is 2.17. The SMILES string of the molecule is C=C(Cl)CNC(=O)/C=C/c1ccc(C)c(Cl)c1. The Morgan fingerprint density at radius 2 is 2.24 bits per heavy atom. The Morgan fingerprint density at radius 3 is 2.82 bits per heavy atom. The van der Waals surface area contributed by atoms with Gasteiger partial charge in [0.15, 0.2) is 0 Å². The fourth-order valence-corrected chi connectivity index (χ4v) is 1.38. The Bertz CT molecular complexity index is 466. The van der Waals surface area contributed by atoms with Gasteiger partial charge in [-0.05, 0) is 30.2 Å². The molecule has 1 amide bonds. The van der Waals surface area contributed by atoms with Crippen LogP contribution in [0.4, 0.5) is 0 Å². The molecule has 0 radical (unpaired) electrons. The first kappa shape index (κ1) is 13.8. The highest BCUT2D eigenvalue weighted by molar-refractivity contribution is 6.31. The van der Waals surface area contributed by atoms with Crippen LogP contribution in [0.5, 0.6) is 0 Å². The molecule has 0 saturated heterocycles. The molecule has 1 rings (SSSR count). The molecule has 4 heteroatoms. The van der Waals surface area contributed by atoms with E-state index < -0.39 is 0 Å². The van der Waals surface area contributed by atoms with Crippen molar-refractivity contribution in [2.75, 3.05) is 6.54 Å². The van der Waals surface area contributed by atoms with E-state index in [4.69, 9.17) is 23.2 Å². The van der Waals surface area contributed by atoms with Crippen molar-refractivity contribution in [3.8, 4) is 0 Å². The zero-order chi connectivity index (χ0) is 12.8. The second-order valence-electron chi connectivity index (χ2n) is 3.58. The molecule has 1 aromatic rings. The standard InChI is InChI=1S/C13H13Cl2NO/c1-9-3-4-11(7-12(9)15)5-6-13(17)16-8-10(2)14/h3-7H,2,8H2,1H3,(H,16,17)/b6-5+. The normalized spacial score (nSPS) is 10.5. The summed E-state index contributed by atoms with van der Waals surface area (Å²) in [5.74, 6) is -0.219. The summed E-state index contributed by atoms with van der Waals surface area (Å²) in [6.07, 6.45) is 3.12. The van der Waals surface area contributed by atoms with E-state index in [0.29, 0.717) is 10.1 Å². The predicted molar refractivity (Wildman–Crippen MR) is 73.2 cm³/mol. The van der Waals surface area contributed by atoms with E-state index in [-0.39, 0.29) is 12.5 Å². The van der Waals surface area contributed by atoms with Gasteiger partial charge in [-0.1, -0.05) is 41.9 Å². The Hall–Kier alpha value is -1.25. The molecule has 1 aromatic carbocycles. The lowest BCUT2D eigenvalue weighted by molar-refractivity contribution is -0.116. The third-order valence-corrected chi connectivity index (χ3v) is 2.62. The van der Waals surface area contributed by atoms with Crippen LogP contribution in [0.1, 0.15) is 11.1 Å². The predicted octanol–water partition coefficient (Wildman–Crippen LogP) is 3.53. The number of benzene rings is 1. The van der Waals surface area contributed by atoms with Gasteiger partial charge in [0.1, 0.15) is 0 Å². The molecule has 2 nitrogen and oxygen atoms in total. The minimum absolute atomic E-state index is 0.219. The topological polar surface area (TPSA) is 29.1 Å². The van der Waals surface area contributed by atoms with Gasteiger partial charge in [0.2, 0.25) is 5.91 Å². The third kappa shape index (κ3) is 5.07. The fourth-order valence-electron chi connectivity index (χ4n) is 1.13. The minimum atomic E-state index is -0.219. The second-order valence-corrected chi connectivity index (χ2v) is 4.52. The van der Waals surface area contributed by atoms with E-state index in [9.17, 15) is 4.79 Å². The maximum Gasteiger partial charge on any atom is 0.244 e. The van der Waals surface area contributed by atoms with Gasteiger partial charge in [0.25, 0.3) is 0 Å². The smallest absolute Gasteiger partial charge is 0.244 e. The quantitative estimate of drug-likeness (QED) is 0.833. The number of halogens is 2. The zero-order valence-electron chi connectivity index (χ0n) is 9.47.